The minimum Gasteiger partial charge on any atom is -0.273 e. The number of benzene rings is 3. The van der Waals surface area contributed by atoms with E-state index in [1.807, 2.05) is 13.0 Å². The van der Waals surface area contributed by atoms with E-state index in [0.29, 0.717) is 21.2 Å². The molecule has 3 rings (SSSR count). The molecule has 0 saturated carbocycles. The minimum atomic E-state index is -3.84. The van der Waals surface area contributed by atoms with Gasteiger partial charge in [-0.25, -0.2) is 18.6 Å². The van der Waals surface area contributed by atoms with Gasteiger partial charge in [0.1, 0.15) is 0 Å². The molecule has 0 aliphatic heterocycles. The second-order valence-electron chi connectivity index (χ2n) is 7.06. The summed E-state index contributed by atoms with van der Waals surface area (Å²) in [5.41, 5.74) is 4.59. The van der Waals surface area contributed by atoms with Crippen molar-refractivity contribution >= 4 is 45.3 Å². The largest absolute Gasteiger partial charge is 0.273 e. The van der Waals surface area contributed by atoms with Gasteiger partial charge in [0, 0.05) is 17.0 Å². The van der Waals surface area contributed by atoms with Gasteiger partial charge in [-0.05, 0) is 36.8 Å². The molecule has 166 valence electrons. The van der Waals surface area contributed by atoms with E-state index in [4.69, 9.17) is 23.2 Å². The Bertz CT molecular complexity index is 1210. The normalized spacial score (nSPS) is 12.6. The van der Waals surface area contributed by atoms with Crippen LogP contribution in [0, 0.1) is 6.92 Å². The number of hydrogen-bond donors (Lipinski definition) is 2. The molecule has 0 radical (unpaired) electrons. The second-order valence-corrected chi connectivity index (χ2v) is 9.62. The van der Waals surface area contributed by atoms with Gasteiger partial charge in [0.15, 0.2) is 0 Å². The zero-order chi connectivity index (χ0) is 23.1. The van der Waals surface area contributed by atoms with E-state index in [1.165, 1.54) is 18.3 Å². The number of nitrogens with zero attached hydrogens (tertiary/aromatic N) is 1. The number of nitrogens with one attached hydrogen (secondary N) is 2. The third-order valence-electron chi connectivity index (χ3n) is 4.58. The fraction of sp³-hybridized carbons (Fsp3) is 0.130. The van der Waals surface area contributed by atoms with E-state index in [9.17, 15) is 13.2 Å². The van der Waals surface area contributed by atoms with Crippen molar-refractivity contribution in [3.05, 3.63) is 99.5 Å². The summed E-state index contributed by atoms with van der Waals surface area (Å²) in [4.78, 5) is 12.6. The fourth-order valence-corrected chi connectivity index (χ4v) is 4.58. The van der Waals surface area contributed by atoms with Gasteiger partial charge in [-0.2, -0.15) is 5.10 Å². The number of carbonyl (C=O) groups is 1. The topological polar surface area (TPSA) is 87.6 Å². The Kier molecular flexibility index (Phi) is 8.04. The lowest BCUT2D eigenvalue weighted by Crippen LogP contribution is -2.32. The van der Waals surface area contributed by atoms with E-state index >= 15 is 0 Å². The lowest BCUT2D eigenvalue weighted by molar-refractivity contribution is -0.121. The Labute approximate surface area is 197 Å². The summed E-state index contributed by atoms with van der Waals surface area (Å²) in [6.07, 6.45) is 1.24. The summed E-state index contributed by atoms with van der Waals surface area (Å²) >= 11 is 12.0. The van der Waals surface area contributed by atoms with Crippen molar-refractivity contribution in [2.45, 2.75) is 24.3 Å². The van der Waals surface area contributed by atoms with Gasteiger partial charge >= 0.3 is 0 Å². The van der Waals surface area contributed by atoms with E-state index in [1.54, 1.807) is 54.6 Å². The third kappa shape index (κ3) is 6.64. The van der Waals surface area contributed by atoms with Crippen molar-refractivity contribution in [3.63, 3.8) is 0 Å². The van der Waals surface area contributed by atoms with Gasteiger partial charge in [-0.15, -0.1) is 0 Å². The molecule has 3 aromatic rings. The maximum absolute atomic E-state index is 12.9. The first-order valence-corrected chi connectivity index (χ1v) is 11.9. The van der Waals surface area contributed by atoms with Crippen LogP contribution >= 0.6 is 23.2 Å². The Balaban J connectivity index is 1.74. The molecule has 3 aromatic carbocycles. The van der Waals surface area contributed by atoms with Crippen LogP contribution in [-0.4, -0.2) is 20.5 Å². The summed E-state index contributed by atoms with van der Waals surface area (Å²) in [7, 11) is -3.84. The van der Waals surface area contributed by atoms with E-state index in [-0.39, 0.29) is 11.3 Å². The predicted molar refractivity (Wildman–Crippen MR) is 127 cm³/mol. The highest BCUT2D eigenvalue weighted by Gasteiger charge is 2.23. The highest BCUT2D eigenvalue weighted by molar-refractivity contribution is 7.89. The molecule has 1 atom stereocenters. The number of rotatable bonds is 8. The summed E-state index contributed by atoms with van der Waals surface area (Å²) in [5, 5.41) is 4.79. The van der Waals surface area contributed by atoms with Crippen LogP contribution in [0.4, 0.5) is 0 Å². The van der Waals surface area contributed by atoms with Gasteiger partial charge in [-0.3, -0.25) is 4.79 Å². The summed E-state index contributed by atoms with van der Waals surface area (Å²) in [6, 6.07) is 19.5. The Morgan fingerprint density at radius 2 is 1.72 bits per heavy atom. The molecule has 0 saturated heterocycles. The number of carbonyl (C=O) groups excluding carboxylic acids is 1. The van der Waals surface area contributed by atoms with Crippen molar-refractivity contribution in [2.75, 3.05) is 0 Å². The number of aryl methyl sites for hydroxylation is 1. The van der Waals surface area contributed by atoms with Crippen LogP contribution in [0.25, 0.3) is 0 Å². The maximum atomic E-state index is 12.9. The first-order valence-electron chi connectivity index (χ1n) is 9.65. The van der Waals surface area contributed by atoms with Crippen LogP contribution in [0.5, 0.6) is 0 Å². The van der Waals surface area contributed by atoms with E-state index in [0.717, 1.165) is 5.56 Å². The van der Waals surface area contributed by atoms with Gasteiger partial charge in [0.05, 0.1) is 22.2 Å². The number of halogens is 2. The molecule has 0 bridgehead atoms. The maximum Gasteiger partial charge on any atom is 0.242 e. The van der Waals surface area contributed by atoms with E-state index in [2.05, 4.69) is 15.2 Å². The van der Waals surface area contributed by atoms with Gasteiger partial charge in [0.2, 0.25) is 15.9 Å². The van der Waals surface area contributed by atoms with Crippen LogP contribution < -0.4 is 10.1 Å². The standard InChI is InChI=1S/C23H21Cl2N3O3S/c1-16-7-11-20(12-8-16)32(30,31)28-22(17-5-3-2-4-6-17)14-23(29)27-26-15-18-9-10-19(24)13-21(18)25/h2-13,15,22,28H,14H2,1H3,(H,27,29)/b26-15-/t22-/m1/s1. The lowest BCUT2D eigenvalue weighted by Gasteiger charge is -2.18. The molecule has 0 spiro atoms. The predicted octanol–water partition coefficient (Wildman–Crippen LogP) is 4.86. The molecule has 0 unspecified atom stereocenters. The van der Waals surface area contributed by atoms with Crippen LogP contribution in [-0.2, 0) is 14.8 Å². The van der Waals surface area contributed by atoms with Crippen LogP contribution in [0.15, 0.2) is 82.8 Å². The molecule has 0 aliphatic rings. The number of sulfonamides is 1. The molecular weight excluding hydrogens is 469 g/mol. The molecule has 0 aliphatic carbocycles. The van der Waals surface area contributed by atoms with Crippen molar-refractivity contribution in [1.29, 1.82) is 0 Å². The zero-order valence-corrected chi connectivity index (χ0v) is 19.5. The Morgan fingerprint density at radius 3 is 2.38 bits per heavy atom. The number of hydrogen-bond acceptors (Lipinski definition) is 4. The molecule has 9 heteroatoms. The molecule has 0 fully saturated rings. The first-order chi connectivity index (χ1) is 15.2. The van der Waals surface area contributed by atoms with Gasteiger partial charge in [0.25, 0.3) is 0 Å². The average Bonchev–Trinajstić information content (AvgIpc) is 2.75. The summed E-state index contributed by atoms with van der Waals surface area (Å²) < 4.78 is 28.4. The smallest absolute Gasteiger partial charge is 0.242 e. The molecule has 6 nitrogen and oxygen atoms in total. The van der Waals surface area contributed by atoms with E-state index < -0.39 is 22.0 Å². The highest BCUT2D eigenvalue weighted by atomic mass is 35.5. The SMILES string of the molecule is Cc1ccc(S(=O)(=O)N[C@H](CC(=O)N/N=C\c2ccc(Cl)cc2Cl)c2ccccc2)cc1. The second kappa shape index (κ2) is 10.7. The number of amides is 1. The van der Waals surface area contributed by atoms with Crippen LogP contribution in [0.3, 0.4) is 0 Å². The average molecular weight is 490 g/mol. The van der Waals surface area contributed by atoms with Crippen molar-refractivity contribution < 1.29 is 13.2 Å². The molecule has 0 aromatic heterocycles. The van der Waals surface area contributed by atoms with Crippen LogP contribution in [0.1, 0.15) is 29.2 Å². The highest BCUT2D eigenvalue weighted by Crippen LogP contribution is 2.21. The summed E-state index contributed by atoms with van der Waals surface area (Å²) in [6.45, 7) is 1.87. The summed E-state index contributed by atoms with van der Waals surface area (Å²) in [5.74, 6) is -0.466. The van der Waals surface area contributed by atoms with Gasteiger partial charge < -0.3 is 0 Å². The molecular formula is C23H21Cl2N3O3S. The minimum absolute atomic E-state index is 0.125. The fourth-order valence-electron chi connectivity index (χ4n) is 2.90. The molecule has 1 amide bonds. The zero-order valence-electron chi connectivity index (χ0n) is 17.1. The van der Waals surface area contributed by atoms with Crippen molar-refractivity contribution in [1.82, 2.24) is 10.1 Å². The third-order valence-corrected chi connectivity index (χ3v) is 6.63. The number of hydrazone groups is 1. The quantitative estimate of drug-likeness (QED) is 0.349. The lowest BCUT2D eigenvalue weighted by atomic mass is 10.0. The van der Waals surface area contributed by atoms with Crippen LogP contribution in [0.2, 0.25) is 10.0 Å². The Hall–Kier alpha value is -2.71. The molecule has 32 heavy (non-hydrogen) atoms. The Morgan fingerprint density at radius 1 is 1.03 bits per heavy atom. The first kappa shape index (κ1) is 23.9. The van der Waals surface area contributed by atoms with Gasteiger partial charge in [-0.1, -0.05) is 77.3 Å². The molecule has 2 N–H and O–H groups in total. The van der Waals surface area contributed by atoms with Crippen molar-refractivity contribution in [2.24, 2.45) is 5.10 Å². The monoisotopic (exact) mass is 489 g/mol. The molecule has 0 heterocycles. The van der Waals surface area contributed by atoms with Crippen molar-refractivity contribution in [3.8, 4) is 0 Å².